The summed E-state index contributed by atoms with van der Waals surface area (Å²) < 4.78 is 10.5. The molecule has 1 aromatic rings. The van der Waals surface area contributed by atoms with Crippen LogP contribution in [-0.4, -0.2) is 54.3 Å². The first kappa shape index (κ1) is 14.3. The molecule has 0 saturated carbocycles. The predicted octanol–water partition coefficient (Wildman–Crippen LogP) is 1.01. The smallest absolute Gasteiger partial charge is 0.334 e. The maximum absolute atomic E-state index is 12.5. The lowest BCUT2D eigenvalue weighted by Crippen LogP contribution is -2.48. The fourth-order valence-corrected chi connectivity index (χ4v) is 2.08. The summed E-state index contributed by atoms with van der Waals surface area (Å²) in [5.41, 5.74) is 0.445. The topological polar surface area (TPSA) is 76.1 Å². The Kier molecular flexibility index (Phi) is 4.57. The van der Waals surface area contributed by atoms with Gasteiger partial charge in [-0.15, -0.1) is 0 Å². The maximum Gasteiger partial charge on any atom is 0.334 e. The molecule has 1 aliphatic heterocycles. The summed E-state index contributed by atoms with van der Waals surface area (Å²) in [6.45, 7) is 2.96. The fourth-order valence-electron chi connectivity index (χ4n) is 2.08. The average molecular weight is 279 g/mol. The van der Waals surface area contributed by atoms with Gasteiger partial charge >= 0.3 is 5.97 Å². The van der Waals surface area contributed by atoms with Crippen molar-refractivity contribution in [3.05, 3.63) is 29.8 Å². The Labute approximate surface area is 116 Å². The molecule has 0 unspecified atom stereocenters. The maximum atomic E-state index is 12.5. The molecule has 1 amide bonds. The van der Waals surface area contributed by atoms with E-state index in [0.717, 1.165) is 0 Å². The molecule has 1 heterocycles. The number of carboxylic acids is 1. The van der Waals surface area contributed by atoms with Gasteiger partial charge in [-0.25, -0.2) is 4.79 Å². The van der Waals surface area contributed by atoms with Gasteiger partial charge in [-0.3, -0.25) is 4.79 Å². The van der Waals surface area contributed by atoms with Gasteiger partial charge in [-0.05, 0) is 19.1 Å². The molecule has 108 valence electrons. The van der Waals surface area contributed by atoms with Crippen molar-refractivity contribution in [2.24, 2.45) is 0 Å². The molecule has 2 rings (SSSR count). The molecule has 1 fully saturated rings. The molecule has 20 heavy (non-hydrogen) atoms. The third kappa shape index (κ3) is 3.08. The lowest BCUT2D eigenvalue weighted by atomic mass is 10.1. The number of ether oxygens (including phenoxy) is 2. The minimum absolute atomic E-state index is 0.0502. The van der Waals surface area contributed by atoms with Crippen LogP contribution in [0.4, 0.5) is 0 Å². The average Bonchev–Trinajstić information content (AvgIpc) is 2.47. The van der Waals surface area contributed by atoms with E-state index < -0.39 is 12.1 Å². The zero-order chi connectivity index (χ0) is 14.5. The Morgan fingerprint density at radius 3 is 2.90 bits per heavy atom. The number of hydrogen-bond acceptors (Lipinski definition) is 4. The van der Waals surface area contributed by atoms with Crippen LogP contribution in [0.5, 0.6) is 5.75 Å². The Hall–Kier alpha value is -2.08. The Bertz CT molecular complexity index is 502. The Morgan fingerprint density at radius 2 is 2.20 bits per heavy atom. The summed E-state index contributed by atoms with van der Waals surface area (Å²) in [5, 5.41) is 8.96. The van der Waals surface area contributed by atoms with E-state index in [1.165, 1.54) is 4.90 Å². The number of benzene rings is 1. The van der Waals surface area contributed by atoms with Crippen molar-refractivity contribution < 1.29 is 24.2 Å². The van der Waals surface area contributed by atoms with Gasteiger partial charge in [0.2, 0.25) is 0 Å². The van der Waals surface area contributed by atoms with Gasteiger partial charge in [-0.1, -0.05) is 12.1 Å². The van der Waals surface area contributed by atoms with Crippen LogP contribution >= 0.6 is 0 Å². The van der Waals surface area contributed by atoms with E-state index in [1.54, 1.807) is 24.3 Å². The van der Waals surface area contributed by atoms with Crippen LogP contribution in [0, 0.1) is 0 Å². The third-order valence-corrected chi connectivity index (χ3v) is 3.05. The highest BCUT2D eigenvalue weighted by Gasteiger charge is 2.30. The number of amides is 1. The van der Waals surface area contributed by atoms with E-state index in [0.29, 0.717) is 24.5 Å². The second-order valence-electron chi connectivity index (χ2n) is 4.38. The first-order valence-electron chi connectivity index (χ1n) is 6.49. The molecule has 1 aromatic carbocycles. The molecule has 0 spiro atoms. The first-order valence-corrected chi connectivity index (χ1v) is 6.49. The molecular weight excluding hydrogens is 262 g/mol. The van der Waals surface area contributed by atoms with Gasteiger partial charge in [0, 0.05) is 6.54 Å². The number of hydrogen-bond donors (Lipinski definition) is 1. The molecule has 1 aliphatic rings. The zero-order valence-electron chi connectivity index (χ0n) is 11.2. The second kappa shape index (κ2) is 6.38. The summed E-state index contributed by atoms with van der Waals surface area (Å²) >= 11 is 0. The van der Waals surface area contributed by atoms with Gasteiger partial charge in [0.1, 0.15) is 5.75 Å². The molecule has 6 heteroatoms. The molecule has 6 nitrogen and oxygen atoms in total. The van der Waals surface area contributed by atoms with Crippen molar-refractivity contribution >= 4 is 11.9 Å². The quantitative estimate of drug-likeness (QED) is 0.890. The minimum Gasteiger partial charge on any atom is -0.493 e. The van der Waals surface area contributed by atoms with Crippen molar-refractivity contribution in [3.8, 4) is 5.75 Å². The van der Waals surface area contributed by atoms with Gasteiger partial charge in [0.15, 0.2) is 6.10 Å². The summed E-state index contributed by atoms with van der Waals surface area (Å²) in [7, 11) is 0. The van der Waals surface area contributed by atoms with Crippen LogP contribution in [0.3, 0.4) is 0 Å². The third-order valence-electron chi connectivity index (χ3n) is 3.05. The number of carbonyl (C=O) groups excluding carboxylic acids is 1. The number of nitrogens with zero attached hydrogens (tertiary/aromatic N) is 1. The van der Waals surface area contributed by atoms with Crippen molar-refractivity contribution in [2.75, 3.05) is 26.3 Å². The molecule has 1 atom stereocenters. The van der Waals surface area contributed by atoms with Crippen LogP contribution in [0.1, 0.15) is 17.3 Å². The van der Waals surface area contributed by atoms with Crippen LogP contribution in [0.2, 0.25) is 0 Å². The number of rotatable bonds is 4. The first-order chi connectivity index (χ1) is 9.63. The standard InChI is InChI=1S/C14H17NO5/c1-2-19-11-6-4-3-5-10(11)13(16)15-7-8-20-12(9-15)14(17)18/h3-6,12H,2,7-9H2,1H3,(H,17,18)/t12-/m0/s1. The molecule has 0 aliphatic carbocycles. The number of carbonyl (C=O) groups is 2. The van der Waals surface area contributed by atoms with Crippen LogP contribution in [0.25, 0.3) is 0 Å². The summed E-state index contributed by atoms with van der Waals surface area (Å²) in [4.78, 5) is 24.9. The molecule has 0 bridgehead atoms. The van der Waals surface area contributed by atoms with Crippen molar-refractivity contribution in [1.29, 1.82) is 0 Å². The van der Waals surface area contributed by atoms with Gasteiger partial charge in [0.25, 0.3) is 5.91 Å². The molecule has 1 saturated heterocycles. The highest BCUT2D eigenvalue weighted by atomic mass is 16.5. The second-order valence-corrected chi connectivity index (χ2v) is 4.38. The highest BCUT2D eigenvalue weighted by molar-refractivity contribution is 5.97. The fraction of sp³-hybridized carbons (Fsp3) is 0.429. The SMILES string of the molecule is CCOc1ccccc1C(=O)N1CCO[C@H](C(=O)O)C1. The Balaban J connectivity index is 2.16. The Morgan fingerprint density at radius 1 is 1.45 bits per heavy atom. The lowest BCUT2D eigenvalue weighted by Gasteiger charge is -2.31. The van der Waals surface area contributed by atoms with Crippen molar-refractivity contribution in [1.82, 2.24) is 4.90 Å². The van der Waals surface area contributed by atoms with Crippen LogP contribution in [-0.2, 0) is 9.53 Å². The largest absolute Gasteiger partial charge is 0.493 e. The van der Waals surface area contributed by atoms with Gasteiger partial charge in [-0.2, -0.15) is 0 Å². The minimum atomic E-state index is -1.06. The van der Waals surface area contributed by atoms with Crippen molar-refractivity contribution in [2.45, 2.75) is 13.0 Å². The van der Waals surface area contributed by atoms with E-state index in [2.05, 4.69) is 0 Å². The molecule has 0 radical (unpaired) electrons. The number of aliphatic carboxylic acids is 1. The zero-order valence-corrected chi connectivity index (χ0v) is 11.2. The van der Waals surface area contributed by atoms with E-state index in [9.17, 15) is 9.59 Å². The highest BCUT2D eigenvalue weighted by Crippen LogP contribution is 2.21. The van der Waals surface area contributed by atoms with Crippen LogP contribution < -0.4 is 4.74 Å². The van der Waals surface area contributed by atoms with E-state index in [4.69, 9.17) is 14.6 Å². The molecular formula is C14H17NO5. The van der Waals surface area contributed by atoms with E-state index in [1.807, 2.05) is 6.92 Å². The van der Waals surface area contributed by atoms with Crippen molar-refractivity contribution in [3.63, 3.8) is 0 Å². The number of para-hydroxylation sites is 1. The monoisotopic (exact) mass is 279 g/mol. The summed E-state index contributed by atoms with van der Waals surface area (Å²) in [6.07, 6.45) is -0.966. The number of morpholine rings is 1. The predicted molar refractivity (Wildman–Crippen MR) is 70.9 cm³/mol. The normalized spacial score (nSPS) is 18.6. The van der Waals surface area contributed by atoms with E-state index in [-0.39, 0.29) is 19.1 Å². The molecule has 0 aromatic heterocycles. The van der Waals surface area contributed by atoms with E-state index >= 15 is 0 Å². The molecule has 1 N–H and O–H groups in total. The summed E-state index contributed by atoms with van der Waals surface area (Å²) in [6, 6.07) is 6.95. The van der Waals surface area contributed by atoms with Crippen LogP contribution in [0.15, 0.2) is 24.3 Å². The van der Waals surface area contributed by atoms with Gasteiger partial charge in [0.05, 0.1) is 25.3 Å². The lowest BCUT2D eigenvalue weighted by molar-refractivity contribution is -0.154. The number of carboxylic acid groups (broad SMARTS) is 1. The van der Waals surface area contributed by atoms with Gasteiger partial charge < -0.3 is 19.5 Å². The summed E-state index contributed by atoms with van der Waals surface area (Å²) in [5.74, 6) is -0.775.